The quantitative estimate of drug-likeness (QED) is 0.466. The van der Waals surface area contributed by atoms with Gasteiger partial charge in [0.2, 0.25) is 0 Å². The number of fused-ring (bicyclic) bond motifs is 1. The van der Waals surface area contributed by atoms with Crippen LogP contribution in [-0.4, -0.2) is 30.6 Å². The van der Waals surface area contributed by atoms with Gasteiger partial charge in [-0.15, -0.1) is 0 Å². The molecule has 0 spiro atoms. The third-order valence-electron chi connectivity index (χ3n) is 5.24. The number of halogens is 2. The molecule has 0 saturated heterocycles. The maximum absolute atomic E-state index is 14.1. The Morgan fingerprint density at radius 3 is 2.77 bits per heavy atom. The first-order valence-corrected chi connectivity index (χ1v) is 9.88. The van der Waals surface area contributed by atoms with Crippen LogP contribution in [0, 0.1) is 11.6 Å². The molecule has 0 radical (unpaired) electrons. The number of hydrogen-bond donors (Lipinski definition) is 0. The van der Waals surface area contributed by atoms with Gasteiger partial charge in [-0.2, -0.15) is 5.10 Å². The SMILES string of the molecule is CCC1=NC(C)=C(c2cc(Cn3cc4nc(-c5cccc(F)c5F)nc-4cn3)on2)C1. The van der Waals surface area contributed by atoms with Crippen molar-refractivity contribution in [3.63, 3.8) is 0 Å². The predicted molar refractivity (Wildman–Crippen MR) is 110 cm³/mol. The van der Waals surface area contributed by atoms with Crippen molar-refractivity contribution >= 4 is 11.3 Å². The van der Waals surface area contributed by atoms with Crippen LogP contribution >= 0.6 is 0 Å². The molecule has 0 aliphatic carbocycles. The summed E-state index contributed by atoms with van der Waals surface area (Å²) in [6.07, 6.45) is 4.91. The number of imidazole rings is 1. The molecule has 4 heterocycles. The highest BCUT2D eigenvalue weighted by Gasteiger charge is 2.20. The monoisotopic (exact) mass is 420 g/mol. The maximum atomic E-state index is 14.1. The second kappa shape index (κ2) is 7.50. The molecule has 5 rings (SSSR count). The highest BCUT2D eigenvalue weighted by molar-refractivity contribution is 5.98. The van der Waals surface area contributed by atoms with E-state index in [0.717, 1.165) is 41.6 Å². The average molecular weight is 420 g/mol. The standard InChI is InChI=1S/C22H18F2N6O/c1-3-13-7-16(12(2)26-13)18-8-14(31-29-18)10-30-11-20-19(9-25-30)27-22(28-20)15-5-4-6-17(23)21(15)24/h4-6,8-9,11H,3,7,10H2,1-2H3. The fraction of sp³-hybridized carbons (Fsp3) is 0.227. The molecule has 0 fully saturated rings. The van der Waals surface area contributed by atoms with Crippen molar-refractivity contribution in [2.75, 3.05) is 0 Å². The third-order valence-corrected chi connectivity index (χ3v) is 5.24. The van der Waals surface area contributed by atoms with E-state index in [2.05, 4.69) is 32.1 Å². The summed E-state index contributed by atoms with van der Waals surface area (Å²) in [5.74, 6) is -1.17. The van der Waals surface area contributed by atoms with E-state index in [-0.39, 0.29) is 11.4 Å². The van der Waals surface area contributed by atoms with E-state index >= 15 is 0 Å². The van der Waals surface area contributed by atoms with Gasteiger partial charge in [-0.05, 0) is 25.5 Å². The lowest BCUT2D eigenvalue weighted by Gasteiger charge is -2.03. The number of aliphatic imine (C=N–C) groups is 1. The van der Waals surface area contributed by atoms with Crippen LogP contribution in [-0.2, 0) is 6.54 Å². The van der Waals surface area contributed by atoms with E-state index in [1.165, 1.54) is 18.3 Å². The summed E-state index contributed by atoms with van der Waals surface area (Å²) in [7, 11) is 0. The molecular formula is C22H18F2N6O. The van der Waals surface area contributed by atoms with Crippen molar-refractivity contribution < 1.29 is 13.3 Å². The van der Waals surface area contributed by atoms with Crippen LogP contribution in [0.1, 0.15) is 38.1 Å². The van der Waals surface area contributed by atoms with Crippen LogP contribution in [0.2, 0.25) is 0 Å². The zero-order valence-electron chi connectivity index (χ0n) is 16.9. The van der Waals surface area contributed by atoms with Gasteiger partial charge in [0.1, 0.15) is 23.6 Å². The summed E-state index contributed by atoms with van der Waals surface area (Å²) in [6.45, 7) is 4.40. The number of nitrogens with zero attached hydrogens (tertiary/aromatic N) is 6. The minimum Gasteiger partial charge on any atom is -0.359 e. The van der Waals surface area contributed by atoms with Gasteiger partial charge in [-0.25, -0.2) is 18.7 Å². The van der Waals surface area contributed by atoms with Crippen LogP contribution in [0.15, 0.2) is 51.9 Å². The average Bonchev–Trinajstić information content (AvgIpc) is 3.47. The van der Waals surface area contributed by atoms with E-state index in [0.29, 0.717) is 23.7 Å². The largest absolute Gasteiger partial charge is 0.359 e. The molecular weight excluding hydrogens is 402 g/mol. The zero-order valence-corrected chi connectivity index (χ0v) is 16.9. The van der Waals surface area contributed by atoms with Crippen molar-refractivity contribution in [2.24, 2.45) is 4.99 Å². The van der Waals surface area contributed by atoms with Crippen molar-refractivity contribution in [1.29, 1.82) is 0 Å². The summed E-state index contributed by atoms with van der Waals surface area (Å²) in [6, 6.07) is 5.80. The maximum Gasteiger partial charge on any atom is 0.169 e. The van der Waals surface area contributed by atoms with Crippen molar-refractivity contribution in [3.05, 3.63) is 65.4 Å². The molecule has 3 aliphatic heterocycles. The molecule has 0 bridgehead atoms. The Morgan fingerprint density at radius 1 is 1.13 bits per heavy atom. The second-order valence-electron chi connectivity index (χ2n) is 7.34. The summed E-state index contributed by atoms with van der Waals surface area (Å²) < 4.78 is 34.7. The molecule has 1 aromatic carbocycles. The van der Waals surface area contributed by atoms with E-state index < -0.39 is 11.6 Å². The number of allylic oxidation sites excluding steroid dienone is 2. The number of rotatable bonds is 5. The van der Waals surface area contributed by atoms with Crippen molar-refractivity contribution in [2.45, 2.75) is 33.2 Å². The molecule has 31 heavy (non-hydrogen) atoms. The highest BCUT2D eigenvalue weighted by atomic mass is 19.2. The van der Waals surface area contributed by atoms with Gasteiger partial charge in [0.05, 0.1) is 18.0 Å². The Hall–Kier alpha value is -3.75. The van der Waals surface area contributed by atoms with Gasteiger partial charge in [-0.3, -0.25) is 9.67 Å². The van der Waals surface area contributed by atoms with Crippen LogP contribution < -0.4 is 0 Å². The van der Waals surface area contributed by atoms with Crippen LogP contribution in [0.25, 0.3) is 28.3 Å². The Balaban J connectivity index is 1.39. The Bertz CT molecular complexity index is 1320. The first-order valence-electron chi connectivity index (χ1n) is 9.88. The zero-order chi connectivity index (χ0) is 21.5. The Labute approximate surface area is 176 Å². The van der Waals surface area contributed by atoms with Crippen LogP contribution in [0.3, 0.4) is 0 Å². The number of benzene rings is 1. The fourth-order valence-electron chi connectivity index (χ4n) is 3.59. The molecule has 0 amide bonds. The fourth-order valence-corrected chi connectivity index (χ4v) is 3.59. The smallest absolute Gasteiger partial charge is 0.169 e. The summed E-state index contributed by atoms with van der Waals surface area (Å²) in [5.41, 5.74) is 4.97. The minimum absolute atomic E-state index is 0.0107. The topological polar surface area (TPSA) is 82.0 Å². The molecule has 2 aromatic rings. The van der Waals surface area contributed by atoms with Crippen molar-refractivity contribution in [3.8, 4) is 22.8 Å². The van der Waals surface area contributed by atoms with Gasteiger partial charge in [-0.1, -0.05) is 18.1 Å². The van der Waals surface area contributed by atoms with E-state index in [9.17, 15) is 8.78 Å². The van der Waals surface area contributed by atoms with Gasteiger partial charge >= 0.3 is 0 Å². The number of aromatic nitrogens is 5. The molecule has 1 aromatic heterocycles. The summed E-state index contributed by atoms with van der Waals surface area (Å²) >= 11 is 0. The molecule has 9 heteroatoms. The second-order valence-corrected chi connectivity index (χ2v) is 7.34. The highest BCUT2D eigenvalue weighted by Crippen LogP contribution is 2.30. The molecule has 0 unspecified atom stereocenters. The lowest BCUT2D eigenvalue weighted by Crippen LogP contribution is -2.04. The van der Waals surface area contributed by atoms with Crippen LogP contribution in [0.4, 0.5) is 8.78 Å². The first-order chi connectivity index (χ1) is 15.0. The summed E-state index contributed by atoms with van der Waals surface area (Å²) in [5, 5.41) is 8.51. The molecule has 7 nitrogen and oxygen atoms in total. The van der Waals surface area contributed by atoms with Crippen LogP contribution in [0.5, 0.6) is 0 Å². The van der Waals surface area contributed by atoms with Gasteiger partial charge in [0.15, 0.2) is 23.2 Å². The third kappa shape index (κ3) is 3.52. The molecule has 0 saturated carbocycles. The number of hydrogen-bond acceptors (Lipinski definition) is 6. The van der Waals surface area contributed by atoms with E-state index in [4.69, 9.17) is 4.52 Å². The van der Waals surface area contributed by atoms with Gasteiger partial charge in [0.25, 0.3) is 0 Å². The molecule has 156 valence electrons. The minimum atomic E-state index is -0.973. The van der Waals surface area contributed by atoms with Gasteiger partial charge < -0.3 is 4.52 Å². The molecule has 3 aliphatic rings. The van der Waals surface area contributed by atoms with Gasteiger partial charge in [0, 0.05) is 29.5 Å². The summed E-state index contributed by atoms with van der Waals surface area (Å²) in [4.78, 5) is 13.2. The van der Waals surface area contributed by atoms with Crippen molar-refractivity contribution in [1.82, 2.24) is 24.9 Å². The molecule has 0 N–H and O–H groups in total. The van der Waals surface area contributed by atoms with E-state index in [1.54, 1.807) is 10.9 Å². The first kappa shape index (κ1) is 19.2. The lowest BCUT2D eigenvalue weighted by molar-refractivity contribution is 0.369. The molecule has 0 atom stereocenters. The predicted octanol–water partition coefficient (Wildman–Crippen LogP) is 4.75. The lowest BCUT2D eigenvalue weighted by atomic mass is 10.1. The Kier molecular flexibility index (Phi) is 4.65. The normalized spacial score (nSPS) is 14.0. The van der Waals surface area contributed by atoms with E-state index in [1.807, 2.05) is 13.0 Å². The Morgan fingerprint density at radius 2 is 1.97 bits per heavy atom.